The van der Waals surface area contributed by atoms with Crippen molar-refractivity contribution < 1.29 is 9.90 Å². The summed E-state index contributed by atoms with van der Waals surface area (Å²) < 4.78 is 0. The summed E-state index contributed by atoms with van der Waals surface area (Å²) in [5, 5.41) is 8.96. The van der Waals surface area contributed by atoms with Crippen LogP contribution in [0.1, 0.15) is 27.7 Å². The summed E-state index contributed by atoms with van der Waals surface area (Å²) in [6.45, 7) is 7.63. The maximum atomic E-state index is 10.9. The first-order chi connectivity index (χ1) is 6.54. The topological polar surface area (TPSA) is 37.3 Å². The lowest BCUT2D eigenvalue weighted by molar-refractivity contribution is -0.132. The van der Waals surface area contributed by atoms with Gasteiger partial charge in [0.15, 0.2) is 0 Å². The third-order valence-corrected chi connectivity index (χ3v) is 1.92. The number of hydrogen-bond acceptors (Lipinski definition) is 1. The van der Waals surface area contributed by atoms with Crippen molar-refractivity contribution in [3.8, 4) is 0 Å². The van der Waals surface area contributed by atoms with Gasteiger partial charge in [-0.3, -0.25) is 0 Å². The van der Waals surface area contributed by atoms with E-state index >= 15 is 0 Å². The molecular formula is C12H18O2. The molecule has 2 nitrogen and oxygen atoms in total. The Labute approximate surface area is 85.6 Å². The zero-order valence-electron chi connectivity index (χ0n) is 9.24. The van der Waals surface area contributed by atoms with Gasteiger partial charge < -0.3 is 5.11 Å². The average Bonchev–Trinajstić information content (AvgIpc) is 2.10. The molecular weight excluding hydrogens is 176 g/mol. The Morgan fingerprint density at radius 1 is 1.29 bits per heavy atom. The zero-order chi connectivity index (χ0) is 11.1. The van der Waals surface area contributed by atoms with Gasteiger partial charge in [-0.25, -0.2) is 4.79 Å². The molecule has 0 rings (SSSR count). The Morgan fingerprint density at radius 3 is 2.14 bits per heavy atom. The summed E-state index contributed by atoms with van der Waals surface area (Å²) in [5.41, 5.74) is 1.25. The number of carboxylic acid groups (broad SMARTS) is 1. The quantitative estimate of drug-likeness (QED) is 0.551. The van der Waals surface area contributed by atoms with Crippen molar-refractivity contribution in [1.29, 1.82) is 0 Å². The molecule has 78 valence electrons. The summed E-state index contributed by atoms with van der Waals surface area (Å²) in [5.74, 6) is -0.648. The monoisotopic (exact) mass is 194 g/mol. The fourth-order valence-corrected chi connectivity index (χ4v) is 1.21. The molecule has 0 spiro atoms. The number of allylic oxidation sites excluding steroid dienone is 4. The SMILES string of the molecule is C\C=C/C=C(\C(=C\C)C(=O)O)C(C)C. The standard InChI is InChI=1S/C12H18O2/c1-5-7-8-11(9(3)4)10(6-2)12(13)14/h5-9H,1-4H3,(H,13,14)/b7-5-,10-6-,11-8-. The zero-order valence-corrected chi connectivity index (χ0v) is 9.24. The van der Waals surface area contributed by atoms with Crippen molar-refractivity contribution in [1.82, 2.24) is 0 Å². The average molecular weight is 194 g/mol. The van der Waals surface area contributed by atoms with E-state index in [0.717, 1.165) is 5.57 Å². The number of carboxylic acids is 1. The Bertz CT molecular complexity index is 281. The molecule has 0 fully saturated rings. The molecule has 0 aliphatic rings. The van der Waals surface area contributed by atoms with Gasteiger partial charge in [0.1, 0.15) is 0 Å². The minimum atomic E-state index is -0.864. The first-order valence-corrected chi connectivity index (χ1v) is 4.77. The number of rotatable bonds is 4. The largest absolute Gasteiger partial charge is 0.478 e. The summed E-state index contributed by atoms with van der Waals surface area (Å²) in [4.78, 5) is 10.9. The smallest absolute Gasteiger partial charge is 0.335 e. The molecule has 0 saturated heterocycles. The van der Waals surface area contributed by atoms with E-state index in [1.54, 1.807) is 13.0 Å². The van der Waals surface area contributed by atoms with Gasteiger partial charge in [-0.05, 0) is 25.3 Å². The van der Waals surface area contributed by atoms with E-state index in [9.17, 15) is 4.79 Å². The van der Waals surface area contributed by atoms with Crippen LogP contribution in [0.25, 0.3) is 0 Å². The van der Waals surface area contributed by atoms with E-state index in [1.165, 1.54) is 0 Å². The molecule has 0 unspecified atom stereocenters. The molecule has 0 aliphatic carbocycles. The minimum absolute atomic E-state index is 0.216. The highest BCUT2D eigenvalue weighted by Gasteiger charge is 2.14. The van der Waals surface area contributed by atoms with Crippen LogP contribution < -0.4 is 0 Å². The van der Waals surface area contributed by atoms with Crippen LogP contribution in [-0.2, 0) is 4.79 Å². The van der Waals surface area contributed by atoms with Crippen molar-refractivity contribution in [3.63, 3.8) is 0 Å². The molecule has 0 aromatic rings. The van der Waals surface area contributed by atoms with Crippen LogP contribution in [-0.4, -0.2) is 11.1 Å². The molecule has 0 aromatic carbocycles. The highest BCUT2D eigenvalue weighted by molar-refractivity contribution is 5.91. The van der Waals surface area contributed by atoms with Crippen LogP contribution in [0, 0.1) is 5.92 Å². The molecule has 0 aromatic heterocycles. The first kappa shape index (κ1) is 12.7. The normalized spacial score (nSPS) is 14.1. The van der Waals surface area contributed by atoms with Crippen LogP contribution in [0.15, 0.2) is 35.5 Å². The first-order valence-electron chi connectivity index (χ1n) is 4.77. The molecule has 0 saturated carbocycles. The second-order valence-electron chi connectivity index (χ2n) is 3.31. The molecule has 0 heterocycles. The van der Waals surface area contributed by atoms with Crippen LogP contribution in [0.4, 0.5) is 0 Å². The van der Waals surface area contributed by atoms with E-state index in [0.29, 0.717) is 5.57 Å². The van der Waals surface area contributed by atoms with Crippen molar-refractivity contribution in [2.45, 2.75) is 27.7 Å². The summed E-state index contributed by atoms with van der Waals surface area (Å²) in [6.07, 6.45) is 7.24. The Kier molecular flexibility index (Phi) is 5.61. The van der Waals surface area contributed by atoms with Gasteiger partial charge in [0, 0.05) is 0 Å². The summed E-state index contributed by atoms with van der Waals surface area (Å²) in [6, 6.07) is 0. The molecule has 0 atom stereocenters. The highest BCUT2D eigenvalue weighted by atomic mass is 16.4. The predicted molar refractivity (Wildman–Crippen MR) is 59.1 cm³/mol. The molecule has 0 radical (unpaired) electrons. The van der Waals surface area contributed by atoms with Crippen LogP contribution >= 0.6 is 0 Å². The van der Waals surface area contributed by atoms with Crippen molar-refractivity contribution >= 4 is 5.97 Å². The van der Waals surface area contributed by atoms with E-state index < -0.39 is 5.97 Å². The molecule has 0 bridgehead atoms. The molecule has 2 heteroatoms. The van der Waals surface area contributed by atoms with Crippen LogP contribution in [0.5, 0.6) is 0 Å². The van der Waals surface area contributed by atoms with Gasteiger partial charge in [0.05, 0.1) is 5.57 Å². The van der Waals surface area contributed by atoms with E-state index in [-0.39, 0.29) is 5.92 Å². The third kappa shape index (κ3) is 3.60. The Balaban J connectivity index is 5.10. The predicted octanol–water partition coefficient (Wildman–Crippen LogP) is 3.18. The van der Waals surface area contributed by atoms with Gasteiger partial charge in [0.25, 0.3) is 0 Å². The number of hydrogen-bond donors (Lipinski definition) is 1. The van der Waals surface area contributed by atoms with E-state index in [2.05, 4.69) is 0 Å². The summed E-state index contributed by atoms with van der Waals surface area (Å²) >= 11 is 0. The van der Waals surface area contributed by atoms with E-state index in [4.69, 9.17) is 5.11 Å². The van der Waals surface area contributed by atoms with Gasteiger partial charge in [-0.1, -0.05) is 38.2 Å². The Hall–Kier alpha value is -1.31. The Morgan fingerprint density at radius 2 is 1.86 bits per heavy atom. The van der Waals surface area contributed by atoms with Gasteiger partial charge in [-0.2, -0.15) is 0 Å². The van der Waals surface area contributed by atoms with Crippen molar-refractivity contribution in [3.05, 3.63) is 35.5 Å². The highest BCUT2D eigenvalue weighted by Crippen LogP contribution is 2.19. The van der Waals surface area contributed by atoms with Gasteiger partial charge in [0.2, 0.25) is 0 Å². The molecule has 1 N–H and O–H groups in total. The number of aliphatic carboxylic acids is 1. The third-order valence-electron chi connectivity index (χ3n) is 1.92. The molecule has 14 heavy (non-hydrogen) atoms. The van der Waals surface area contributed by atoms with E-state index in [1.807, 2.05) is 39.0 Å². The van der Waals surface area contributed by atoms with Crippen LogP contribution in [0.3, 0.4) is 0 Å². The maximum Gasteiger partial charge on any atom is 0.335 e. The van der Waals surface area contributed by atoms with Crippen LogP contribution in [0.2, 0.25) is 0 Å². The minimum Gasteiger partial charge on any atom is -0.478 e. The second-order valence-corrected chi connectivity index (χ2v) is 3.31. The lowest BCUT2D eigenvalue weighted by atomic mass is 9.94. The second kappa shape index (κ2) is 6.19. The lowest BCUT2D eigenvalue weighted by Gasteiger charge is -2.11. The van der Waals surface area contributed by atoms with Gasteiger partial charge >= 0.3 is 5.97 Å². The molecule has 0 aliphatic heterocycles. The maximum absolute atomic E-state index is 10.9. The van der Waals surface area contributed by atoms with Crippen molar-refractivity contribution in [2.24, 2.45) is 5.92 Å². The fraction of sp³-hybridized carbons (Fsp3) is 0.417. The number of carbonyl (C=O) groups is 1. The van der Waals surface area contributed by atoms with Gasteiger partial charge in [-0.15, -0.1) is 0 Å². The summed E-state index contributed by atoms with van der Waals surface area (Å²) in [7, 11) is 0. The molecule has 0 amide bonds. The fourth-order valence-electron chi connectivity index (χ4n) is 1.21. The van der Waals surface area contributed by atoms with Crippen molar-refractivity contribution in [2.75, 3.05) is 0 Å². The lowest BCUT2D eigenvalue weighted by Crippen LogP contribution is -2.07.